The molecule has 0 amide bonds. The van der Waals surface area contributed by atoms with E-state index in [0.29, 0.717) is 6.04 Å². The Balaban J connectivity index is 2.00. The number of nitrogens with one attached hydrogen (secondary N) is 1. The van der Waals surface area contributed by atoms with E-state index in [1.54, 1.807) is 0 Å². The minimum atomic E-state index is 0.646. The van der Waals surface area contributed by atoms with E-state index in [2.05, 4.69) is 35.3 Å². The Bertz CT molecular complexity index is 158. The van der Waals surface area contributed by atoms with E-state index in [9.17, 15) is 0 Å². The maximum absolute atomic E-state index is 3.57. The predicted octanol–water partition coefficient (Wildman–Crippen LogP) is 0.575. The van der Waals surface area contributed by atoms with Crippen LogP contribution in [0, 0.1) is 0 Å². The zero-order valence-corrected chi connectivity index (χ0v) is 11.1. The van der Waals surface area contributed by atoms with Crippen molar-refractivity contribution in [2.45, 2.75) is 13.0 Å². The summed E-state index contributed by atoms with van der Waals surface area (Å²) in [6, 6.07) is 0.646. The first-order valence-electron chi connectivity index (χ1n) is 5.85. The molecule has 1 aliphatic rings. The summed E-state index contributed by atoms with van der Waals surface area (Å²) in [5.41, 5.74) is 0. The molecule has 3 nitrogen and oxygen atoms in total. The number of thioether (sulfide) groups is 1. The minimum Gasteiger partial charge on any atom is -0.312 e. The molecule has 0 aliphatic carbocycles. The summed E-state index contributed by atoms with van der Waals surface area (Å²) in [4.78, 5) is 4.96. The van der Waals surface area contributed by atoms with Crippen molar-refractivity contribution in [1.82, 2.24) is 15.1 Å². The Morgan fingerprint density at radius 3 is 2.53 bits per heavy atom. The first kappa shape index (κ1) is 13.3. The van der Waals surface area contributed by atoms with Gasteiger partial charge in [-0.25, -0.2) is 0 Å². The van der Waals surface area contributed by atoms with Gasteiger partial charge < -0.3 is 10.2 Å². The van der Waals surface area contributed by atoms with Gasteiger partial charge in [-0.15, -0.1) is 0 Å². The molecule has 1 saturated heterocycles. The molecule has 1 N–H and O–H groups in total. The molecular formula is C11H25N3S. The van der Waals surface area contributed by atoms with Crippen molar-refractivity contribution in [3.63, 3.8) is 0 Å². The lowest BCUT2D eigenvalue weighted by Gasteiger charge is -2.32. The molecule has 1 rings (SSSR count). The highest BCUT2D eigenvalue weighted by Gasteiger charge is 2.12. The van der Waals surface area contributed by atoms with Crippen molar-refractivity contribution < 1.29 is 0 Å². The summed E-state index contributed by atoms with van der Waals surface area (Å²) in [6.07, 6.45) is 2.17. The lowest BCUT2D eigenvalue weighted by atomic mass is 10.3. The minimum absolute atomic E-state index is 0.646. The Hall–Kier alpha value is 0.230. The molecule has 90 valence electrons. The lowest BCUT2D eigenvalue weighted by Crippen LogP contribution is -2.47. The van der Waals surface area contributed by atoms with Crippen LogP contribution in [-0.2, 0) is 0 Å². The van der Waals surface area contributed by atoms with Crippen molar-refractivity contribution in [2.24, 2.45) is 0 Å². The number of likely N-dealkylation sites (N-methyl/N-ethyl adjacent to an activating group) is 1. The highest BCUT2D eigenvalue weighted by Crippen LogP contribution is 1.99. The highest BCUT2D eigenvalue weighted by atomic mass is 32.2. The second kappa shape index (κ2) is 7.49. The summed E-state index contributed by atoms with van der Waals surface area (Å²) in [6.45, 7) is 9.50. The predicted molar refractivity (Wildman–Crippen MR) is 69.8 cm³/mol. The Morgan fingerprint density at radius 2 is 1.93 bits per heavy atom. The van der Waals surface area contributed by atoms with E-state index in [4.69, 9.17) is 0 Å². The molecule has 1 fully saturated rings. The summed E-state index contributed by atoms with van der Waals surface area (Å²) in [5.74, 6) is 1.21. The molecule has 1 aliphatic heterocycles. The zero-order chi connectivity index (χ0) is 11.1. The van der Waals surface area contributed by atoms with Crippen LogP contribution in [0.5, 0.6) is 0 Å². The molecule has 15 heavy (non-hydrogen) atoms. The maximum Gasteiger partial charge on any atom is 0.0130 e. The van der Waals surface area contributed by atoms with Crippen LogP contribution in [0.4, 0.5) is 0 Å². The molecule has 1 atom stereocenters. The van der Waals surface area contributed by atoms with Gasteiger partial charge in [-0.2, -0.15) is 11.8 Å². The number of hydrogen-bond donors (Lipinski definition) is 1. The molecular weight excluding hydrogens is 206 g/mol. The van der Waals surface area contributed by atoms with Crippen LogP contribution < -0.4 is 5.32 Å². The molecule has 0 bridgehead atoms. The molecule has 0 aromatic heterocycles. The molecule has 1 unspecified atom stereocenters. The van der Waals surface area contributed by atoms with Gasteiger partial charge in [0.25, 0.3) is 0 Å². The number of rotatable bonds is 6. The van der Waals surface area contributed by atoms with Crippen LogP contribution in [0.2, 0.25) is 0 Å². The third-order valence-corrected chi connectivity index (χ3v) is 3.77. The normalized spacial score (nSPS) is 21.8. The Kier molecular flexibility index (Phi) is 6.64. The molecule has 0 saturated carbocycles. The third-order valence-electron chi connectivity index (χ3n) is 2.93. The van der Waals surface area contributed by atoms with Crippen LogP contribution >= 0.6 is 11.8 Å². The Morgan fingerprint density at radius 1 is 1.27 bits per heavy atom. The first-order valence-corrected chi connectivity index (χ1v) is 7.25. The smallest absolute Gasteiger partial charge is 0.0130 e. The summed E-state index contributed by atoms with van der Waals surface area (Å²) >= 11 is 1.91. The topological polar surface area (TPSA) is 18.5 Å². The van der Waals surface area contributed by atoms with Crippen molar-refractivity contribution in [2.75, 3.05) is 58.3 Å². The monoisotopic (exact) mass is 231 g/mol. The van der Waals surface area contributed by atoms with Crippen LogP contribution in [0.25, 0.3) is 0 Å². The number of nitrogens with zero attached hydrogens (tertiary/aromatic N) is 2. The average Bonchev–Trinajstić information content (AvgIpc) is 2.21. The SMILES string of the molecule is CSCC(C)NCCN1CCN(C)CC1. The fraction of sp³-hybridized carbons (Fsp3) is 1.00. The molecule has 4 heteroatoms. The largest absolute Gasteiger partial charge is 0.312 e. The van der Waals surface area contributed by atoms with Gasteiger partial charge >= 0.3 is 0 Å². The van der Waals surface area contributed by atoms with Crippen LogP contribution in [-0.4, -0.2) is 74.2 Å². The van der Waals surface area contributed by atoms with Gasteiger partial charge in [0.05, 0.1) is 0 Å². The van der Waals surface area contributed by atoms with Gasteiger partial charge in [0.2, 0.25) is 0 Å². The molecule has 0 aromatic carbocycles. The van der Waals surface area contributed by atoms with Crippen LogP contribution in [0.3, 0.4) is 0 Å². The fourth-order valence-electron chi connectivity index (χ4n) is 1.85. The lowest BCUT2D eigenvalue weighted by molar-refractivity contribution is 0.154. The number of hydrogen-bond acceptors (Lipinski definition) is 4. The fourth-order valence-corrected chi connectivity index (χ4v) is 2.47. The van der Waals surface area contributed by atoms with E-state index in [1.165, 1.54) is 38.5 Å². The van der Waals surface area contributed by atoms with Gasteiger partial charge in [-0.05, 0) is 20.2 Å². The maximum atomic E-state index is 3.57. The first-order chi connectivity index (χ1) is 7.22. The van der Waals surface area contributed by atoms with Gasteiger partial charge in [0, 0.05) is 51.1 Å². The zero-order valence-electron chi connectivity index (χ0n) is 10.3. The van der Waals surface area contributed by atoms with Gasteiger partial charge in [0.1, 0.15) is 0 Å². The van der Waals surface area contributed by atoms with Crippen LogP contribution in [0.1, 0.15) is 6.92 Å². The second-order valence-electron chi connectivity index (χ2n) is 4.46. The Labute approximate surface area is 98.6 Å². The quantitative estimate of drug-likeness (QED) is 0.720. The third kappa shape index (κ3) is 5.76. The molecule has 0 radical (unpaired) electrons. The van der Waals surface area contributed by atoms with E-state index in [0.717, 1.165) is 6.54 Å². The van der Waals surface area contributed by atoms with Gasteiger partial charge in [-0.3, -0.25) is 4.90 Å². The average molecular weight is 231 g/mol. The second-order valence-corrected chi connectivity index (χ2v) is 5.37. The molecule has 0 spiro atoms. The van der Waals surface area contributed by atoms with E-state index >= 15 is 0 Å². The van der Waals surface area contributed by atoms with Crippen molar-refractivity contribution in [3.8, 4) is 0 Å². The van der Waals surface area contributed by atoms with Crippen molar-refractivity contribution in [1.29, 1.82) is 0 Å². The summed E-state index contributed by atoms with van der Waals surface area (Å²) in [5, 5.41) is 3.57. The highest BCUT2D eigenvalue weighted by molar-refractivity contribution is 7.98. The van der Waals surface area contributed by atoms with E-state index < -0.39 is 0 Å². The van der Waals surface area contributed by atoms with Gasteiger partial charge in [0.15, 0.2) is 0 Å². The van der Waals surface area contributed by atoms with Crippen molar-refractivity contribution >= 4 is 11.8 Å². The number of piperazine rings is 1. The van der Waals surface area contributed by atoms with Gasteiger partial charge in [-0.1, -0.05) is 0 Å². The van der Waals surface area contributed by atoms with E-state index in [1.807, 2.05) is 11.8 Å². The van der Waals surface area contributed by atoms with E-state index in [-0.39, 0.29) is 0 Å². The summed E-state index contributed by atoms with van der Waals surface area (Å²) < 4.78 is 0. The molecule has 0 aromatic rings. The van der Waals surface area contributed by atoms with Crippen molar-refractivity contribution in [3.05, 3.63) is 0 Å². The van der Waals surface area contributed by atoms with Crippen LogP contribution in [0.15, 0.2) is 0 Å². The summed E-state index contributed by atoms with van der Waals surface area (Å²) in [7, 11) is 2.20. The standard InChI is InChI=1S/C11H25N3S/c1-11(10-15-3)12-4-5-14-8-6-13(2)7-9-14/h11-12H,4-10H2,1-3H3. The molecule has 1 heterocycles.